The number of hydrogen-bond acceptors (Lipinski definition) is 10. The van der Waals surface area contributed by atoms with Crippen LogP contribution in [0.2, 0.25) is 5.02 Å². The van der Waals surface area contributed by atoms with E-state index in [4.69, 9.17) is 36.0 Å². The molecule has 0 radical (unpaired) electrons. The van der Waals surface area contributed by atoms with Crippen molar-refractivity contribution in [3.63, 3.8) is 0 Å². The molecule has 0 spiro atoms. The lowest BCUT2D eigenvalue weighted by Gasteiger charge is -2.15. The van der Waals surface area contributed by atoms with Crippen LogP contribution in [0.25, 0.3) is 22.5 Å². The van der Waals surface area contributed by atoms with E-state index in [0.29, 0.717) is 60.0 Å². The van der Waals surface area contributed by atoms with Crippen molar-refractivity contribution < 1.29 is 24.4 Å². The van der Waals surface area contributed by atoms with Gasteiger partial charge in [-0.05, 0) is 12.1 Å². The molecule has 0 saturated carbocycles. The number of hydrogen-bond donors (Lipinski definition) is 4. The van der Waals surface area contributed by atoms with Gasteiger partial charge in [-0.3, -0.25) is 0 Å². The van der Waals surface area contributed by atoms with Crippen molar-refractivity contribution in [1.82, 2.24) is 25.6 Å². The zero-order valence-electron chi connectivity index (χ0n) is 23.1. The summed E-state index contributed by atoms with van der Waals surface area (Å²) in [4.78, 5) is 13.3. The van der Waals surface area contributed by atoms with Gasteiger partial charge in [0, 0.05) is 54.0 Å². The van der Waals surface area contributed by atoms with Crippen LogP contribution in [-0.2, 0) is 19.7 Å². The number of halogens is 1. The summed E-state index contributed by atoms with van der Waals surface area (Å²) in [6.45, 7) is 2.37. The van der Waals surface area contributed by atoms with Crippen LogP contribution in [0.15, 0.2) is 61.1 Å². The zero-order valence-corrected chi connectivity index (χ0v) is 23.8. The van der Waals surface area contributed by atoms with E-state index in [1.807, 2.05) is 48.5 Å². The van der Waals surface area contributed by atoms with Crippen LogP contribution in [0.4, 0.5) is 0 Å². The molecule has 0 atom stereocenters. The molecule has 4 aromatic rings. The molecular formula is C30H34ClN5O5. The molecule has 2 aromatic carbocycles. The lowest BCUT2D eigenvalue weighted by Crippen LogP contribution is -2.18. The molecule has 2 aromatic heterocycles. The minimum absolute atomic E-state index is 0.0548. The fourth-order valence-electron chi connectivity index (χ4n) is 4.26. The fourth-order valence-corrected chi connectivity index (χ4v) is 4.53. The Morgan fingerprint density at radius 2 is 1.61 bits per heavy atom. The summed E-state index contributed by atoms with van der Waals surface area (Å²) in [7, 11) is 3.19. The van der Waals surface area contributed by atoms with Crippen LogP contribution in [0.1, 0.15) is 16.7 Å². The highest BCUT2D eigenvalue weighted by Crippen LogP contribution is 2.34. The predicted octanol–water partition coefficient (Wildman–Crippen LogP) is 3.62. The van der Waals surface area contributed by atoms with Gasteiger partial charge in [0.1, 0.15) is 24.4 Å². The average molecular weight is 580 g/mol. The van der Waals surface area contributed by atoms with Crippen LogP contribution >= 0.6 is 11.6 Å². The standard InChI is InChI=1S/C30H34ClN5O5/c1-39-26-14-20(6-7-21(26)15-32-10-12-37)29-27(17-34-19-35-29)41-18-23-4-3-5-24(28(23)31)25-9-8-22(16-33-11-13-38)30(36-25)40-2/h3-9,14,17,19,32-33,37-38H,10-13,15-16,18H2,1-2H3. The first kappa shape index (κ1) is 30.2. The molecule has 0 aliphatic carbocycles. The van der Waals surface area contributed by atoms with Gasteiger partial charge in [0.15, 0.2) is 5.75 Å². The van der Waals surface area contributed by atoms with E-state index < -0.39 is 0 Å². The summed E-state index contributed by atoms with van der Waals surface area (Å²) in [5.74, 6) is 1.69. The maximum atomic E-state index is 9.03. The van der Waals surface area contributed by atoms with E-state index in [9.17, 15) is 0 Å². The van der Waals surface area contributed by atoms with E-state index in [1.165, 1.54) is 6.33 Å². The molecule has 2 heterocycles. The van der Waals surface area contributed by atoms with Crippen molar-refractivity contribution in [2.24, 2.45) is 0 Å². The van der Waals surface area contributed by atoms with Crippen molar-refractivity contribution in [2.45, 2.75) is 19.7 Å². The maximum Gasteiger partial charge on any atom is 0.218 e. The van der Waals surface area contributed by atoms with Gasteiger partial charge >= 0.3 is 0 Å². The van der Waals surface area contributed by atoms with Gasteiger partial charge in [0.25, 0.3) is 0 Å². The molecule has 4 rings (SSSR count). The summed E-state index contributed by atoms with van der Waals surface area (Å²) < 4.78 is 17.3. The summed E-state index contributed by atoms with van der Waals surface area (Å²) in [6.07, 6.45) is 3.10. The molecule has 0 fully saturated rings. The molecule has 41 heavy (non-hydrogen) atoms. The number of aromatic nitrogens is 3. The predicted molar refractivity (Wildman–Crippen MR) is 157 cm³/mol. The summed E-state index contributed by atoms with van der Waals surface area (Å²) >= 11 is 6.84. The smallest absolute Gasteiger partial charge is 0.218 e. The Kier molecular flexibility index (Phi) is 11.2. The van der Waals surface area contributed by atoms with Crippen molar-refractivity contribution in [2.75, 3.05) is 40.5 Å². The number of aliphatic hydroxyl groups is 2. The van der Waals surface area contributed by atoms with Gasteiger partial charge in [-0.1, -0.05) is 48.0 Å². The molecule has 216 valence electrons. The van der Waals surface area contributed by atoms with Crippen LogP contribution < -0.4 is 24.8 Å². The molecule has 0 unspecified atom stereocenters. The summed E-state index contributed by atoms with van der Waals surface area (Å²) in [6, 6.07) is 15.3. The highest BCUT2D eigenvalue weighted by atomic mass is 35.5. The first-order chi connectivity index (χ1) is 20.1. The molecule has 0 aliphatic rings. The van der Waals surface area contributed by atoms with Crippen molar-refractivity contribution >= 4 is 11.6 Å². The van der Waals surface area contributed by atoms with E-state index in [-0.39, 0.29) is 19.8 Å². The molecule has 0 amide bonds. The third-order valence-corrected chi connectivity index (χ3v) is 6.76. The number of nitrogens with one attached hydrogen (secondary N) is 2. The fraction of sp³-hybridized carbons (Fsp3) is 0.300. The first-order valence-corrected chi connectivity index (χ1v) is 13.5. The average Bonchev–Trinajstić information content (AvgIpc) is 3.01. The van der Waals surface area contributed by atoms with E-state index in [2.05, 4.69) is 25.6 Å². The SMILES string of the molecule is COc1cc(-c2ncncc2OCc2cccc(-c3ccc(CNCCO)c(OC)n3)c2Cl)ccc1CNCCO. The number of ether oxygens (including phenoxy) is 3. The van der Waals surface area contributed by atoms with Gasteiger partial charge in [-0.25, -0.2) is 15.0 Å². The normalized spacial score (nSPS) is 11.0. The van der Waals surface area contributed by atoms with Gasteiger partial charge in [-0.2, -0.15) is 0 Å². The highest BCUT2D eigenvalue weighted by Gasteiger charge is 2.16. The molecule has 0 saturated heterocycles. The van der Waals surface area contributed by atoms with Crippen molar-refractivity contribution in [1.29, 1.82) is 0 Å². The second-order valence-electron chi connectivity index (χ2n) is 9.00. The van der Waals surface area contributed by atoms with Gasteiger partial charge in [0.05, 0.1) is 44.3 Å². The number of aliphatic hydroxyl groups excluding tert-OH is 2. The Morgan fingerprint density at radius 3 is 2.34 bits per heavy atom. The monoisotopic (exact) mass is 579 g/mol. The second kappa shape index (κ2) is 15.3. The summed E-state index contributed by atoms with van der Waals surface area (Å²) in [5.41, 5.74) is 5.47. The number of nitrogens with zero attached hydrogens (tertiary/aromatic N) is 3. The third-order valence-electron chi connectivity index (χ3n) is 6.32. The molecule has 0 bridgehead atoms. The van der Waals surface area contributed by atoms with Crippen LogP contribution in [0.5, 0.6) is 17.4 Å². The third kappa shape index (κ3) is 7.69. The van der Waals surface area contributed by atoms with Gasteiger partial charge in [-0.15, -0.1) is 0 Å². The highest BCUT2D eigenvalue weighted by molar-refractivity contribution is 6.34. The minimum atomic E-state index is 0.0548. The number of rotatable bonds is 15. The molecule has 4 N–H and O–H groups in total. The Balaban J connectivity index is 1.54. The van der Waals surface area contributed by atoms with Crippen LogP contribution in [0.3, 0.4) is 0 Å². The Labute approximate surface area is 244 Å². The quantitative estimate of drug-likeness (QED) is 0.155. The lowest BCUT2D eigenvalue weighted by molar-refractivity contribution is 0.291. The van der Waals surface area contributed by atoms with Gasteiger partial charge < -0.3 is 35.1 Å². The minimum Gasteiger partial charge on any atom is -0.496 e. The largest absolute Gasteiger partial charge is 0.496 e. The van der Waals surface area contributed by atoms with E-state index in [1.54, 1.807) is 20.4 Å². The van der Waals surface area contributed by atoms with Crippen LogP contribution in [-0.4, -0.2) is 65.7 Å². The zero-order chi connectivity index (χ0) is 29.0. The molecule has 0 aliphatic heterocycles. The topological polar surface area (TPSA) is 131 Å². The second-order valence-corrected chi connectivity index (χ2v) is 9.37. The Bertz CT molecular complexity index is 1440. The van der Waals surface area contributed by atoms with E-state index in [0.717, 1.165) is 27.8 Å². The maximum absolute atomic E-state index is 9.03. The van der Waals surface area contributed by atoms with E-state index >= 15 is 0 Å². The van der Waals surface area contributed by atoms with Crippen molar-refractivity contribution in [3.8, 4) is 39.9 Å². The summed E-state index contributed by atoms with van der Waals surface area (Å²) in [5, 5.41) is 24.9. The Hall–Kier alpha value is -3.80. The Morgan fingerprint density at radius 1 is 0.854 bits per heavy atom. The molecule has 10 nitrogen and oxygen atoms in total. The number of pyridine rings is 1. The van der Waals surface area contributed by atoms with Gasteiger partial charge in [0.2, 0.25) is 5.88 Å². The molecule has 11 heteroatoms. The first-order valence-electron chi connectivity index (χ1n) is 13.1. The molecular weight excluding hydrogens is 546 g/mol. The number of methoxy groups -OCH3 is 2. The lowest BCUT2D eigenvalue weighted by atomic mass is 10.1. The number of benzene rings is 2. The van der Waals surface area contributed by atoms with Crippen LogP contribution in [0, 0.1) is 0 Å². The van der Waals surface area contributed by atoms with Crippen molar-refractivity contribution in [3.05, 3.63) is 82.8 Å².